The van der Waals surface area contributed by atoms with Crippen molar-refractivity contribution in [2.24, 2.45) is 0 Å². The van der Waals surface area contributed by atoms with Crippen molar-refractivity contribution in [3.8, 4) is 0 Å². The van der Waals surface area contributed by atoms with E-state index in [9.17, 15) is 14.7 Å². The summed E-state index contributed by atoms with van der Waals surface area (Å²) < 4.78 is 0. The molecule has 0 radical (unpaired) electrons. The van der Waals surface area contributed by atoms with Crippen LogP contribution in [0.1, 0.15) is 54.1 Å². The average molecular weight is 481 g/mol. The lowest BCUT2D eigenvalue weighted by Gasteiger charge is -2.24. The van der Waals surface area contributed by atoms with Crippen LogP contribution in [0.4, 0.5) is 5.13 Å². The van der Waals surface area contributed by atoms with Gasteiger partial charge in [0.2, 0.25) is 0 Å². The largest absolute Gasteiger partial charge is 0.507 e. The summed E-state index contributed by atoms with van der Waals surface area (Å²) in [5.74, 6) is -1.68. The topological polar surface area (TPSA) is 70.5 Å². The average Bonchev–Trinajstić information content (AvgIpc) is 3.23. The van der Waals surface area contributed by atoms with Crippen LogP contribution in [-0.2, 0) is 15.0 Å². The summed E-state index contributed by atoms with van der Waals surface area (Å²) >= 11 is 7.35. The van der Waals surface area contributed by atoms with E-state index in [-0.39, 0.29) is 16.7 Å². The molecule has 1 atom stereocenters. The van der Waals surface area contributed by atoms with E-state index in [1.807, 2.05) is 38.1 Å². The van der Waals surface area contributed by atoms with Gasteiger partial charge in [0.25, 0.3) is 5.78 Å². The van der Waals surface area contributed by atoms with Gasteiger partial charge in [0.1, 0.15) is 5.76 Å². The van der Waals surface area contributed by atoms with Gasteiger partial charge in [0.05, 0.1) is 17.3 Å². The van der Waals surface area contributed by atoms with Gasteiger partial charge < -0.3 is 5.11 Å². The number of aliphatic hydroxyl groups is 1. The van der Waals surface area contributed by atoms with E-state index >= 15 is 0 Å². The van der Waals surface area contributed by atoms with E-state index < -0.39 is 17.7 Å². The van der Waals surface area contributed by atoms with Gasteiger partial charge >= 0.3 is 5.91 Å². The highest BCUT2D eigenvalue weighted by Gasteiger charge is 2.48. The highest BCUT2D eigenvalue weighted by molar-refractivity contribution is 7.16. The Labute approximate surface area is 202 Å². The minimum atomic E-state index is -0.792. The third kappa shape index (κ3) is 4.21. The molecular weight excluding hydrogens is 456 g/mol. The maximum Gasteiger partial charge on any atom is 0.301 e. The molecule has 0 bridgehead atoms. The zero-order valence-electron chi connectivity index (χ0n) is 19.1. The molecule has 0 spiro atoms. The van der Waals surface area contributed by atoms with Gasteiger partial charge in [-0.25, -0.2) is 4.98 Å². The smallest absolute Gasteiger partial charge is 0.301 e. The number of aliphatic hydroxyl groups excluding tert-OH is 1. The summed E-state index contributed by atoms with van der Waals surface area (Å²) in [5, 5.41) is 12.1. The number of anilines is 1. The Morgan fingerprint density at radius 2 is 1.64 bits per heavy atom. The molecule has 4 rings (SSSR count). The van der Waals surface area contributed by atoms with Crippen molar-refractivity contribution < 1.29 is 14.7 Å². The van der Waals surface area contributed by atoms with Crippen molar-refractivity contribution in [2.45, 2.75) is 46.1 Å². The van der Waals surface area contributed by atoms with Crippen LogP contribution in [0.15, 0.2) is 54.1 Å². The van der Waals surface area contributed by atoms with Gasteiger partial charge in [-0.15, -0.1) is 11.3 Å². The minimum Gasteiger partial charge on any atom is -0.507 e. The number of halogens is 1. The molecule has 2 aromatic carbocycles. The maximum absolute atomic E-state index is 13.2. The molecule has 0 aliphatic carbocycles. The summed E-state index contributed by atoms with van der Waals surface area (Å²) in [6, 6.07) is 13.5. The Hall–Kier alpha value is -2.96. The molecule has 1 N–H and O–H groups in total. The molecule has 7 heteroatoms. The maximum atomic E-state index is 13.2. The first-order valence-electron chi connectivity index (χ1n) is 10.6. The zero-order valence-corrected chi connectivity index (χ0v) is 20.7. The van der Waals surface area contributed by atoms with Gasteiger partial charge in [-0.1, -0.05) is 56.6 Å². The van der Waals surface area contributed by atoms with Crippen LogP contribution in [0, 0.1) is 13.8 Å². The summed E-state index contributed by atoms with van der Waals surface area (Å²) in [5.41, 5.74) is 3.06. The van der Waals surface area contributed by atoms with Gasteiger partial charge in [-0.3, -0.25) is 14.5 Å². The third-order valence-electron chi connectivity index (χ3n) is 5.88. The van der Waals surface area contributed by atoms with Crippen molar-refractivity contribution in [2.75, 3.05) is 4.90 Å². The Balaban J connectivity index is 1.92. The molecule has 1 aromatic heterocycles. The minimum absolute atomic E-state index is 0.0383. The van der Waals surface area contributed by atoms with E-state index in [1.165, 1.54) is 16.2 Å². The van der Waals surface area contributed by atoms with Crippen LogP contribution < -0.4 is 4.90 Å². The van der Waals surface area contributed by atoms with Gasteiger partial charge in [-0.2, -0.15) is 0 Å². The molecule has 1 amide bonds. The molecule has 0 saturated carbocycles. The van der Waals surface area contributed by atoms with Gasteiger partial charge in [0.15, 0.2) is 5.13 Å². The Bertz CT molecular complexity index is 1250. The highest BCUT2D eigenvalue weighted by atomic mass is 35.5. The van der Waals surface area contributed by atoms with E-state index in [0.29, 0.717) is 15.7 Å². The number of hydrogen-bond donors (Lipinski definition) is 1. The number of rotatable bonds is 3. The number of aryl methyl sites for hydroxylation is 2. The van der Waals surface area contributed by atoms with Crippen LogP contribution in [0.2, 0.25) is 5.02 Å². The quantitative estimate of drug-likeness (QED) is 0.270. The summed E-state index contributed by atoms with van der Waals surface area (Å²) in [4.78, 5) is 33.3. The SMILES string of the molecule is Cc1nc(N2C(=O)C(=O)C(=C(O)c3ccc(Cl)cc3)[C@H]2c2ccc(C(C)(C)C)cc2)sc1C. The standard InChI is InChI=1S/C26H25ClN2O3S/c1-14-15(2)33-25(28-14)29-21(16-6-10-18(11-7-16)26(3,4)5)20(23(31)24(29)32)22(30)17-8-12-19(27)13-9-17/h6-13,21,30H,1-5H3/t21-/m1/s1. The number of amides is 1. The number of nitrogens with zero attached hydrogens (tertiary/aromatic N) is 2. The van der Waals surface area contributed by atoms with Crippen molar-refractivity contribution in [3.05, 3.63) is 86.4 Å². The Kier molecular flexibility index (Phi) is 5.93. The number of carbonyl (C=O) groups is 2. The molecule has 1 aliphatic rings. The molecule has 33 heavy (non-hydrogen) atoms. The third-order valence-corrected chi connectivity index (χ3v) is 7.20. The summed E-state index contributed by atoms with van der Waals surface area (Å²) in [7, 11) is 0. The summed E-state index contributed by atoms with van der Waals surface area (Å²) in [6.45, 7) is 10.2. The lowest BCUT2D eigenvalue weighted by molar-refractivity contribution is -0.132. The van der Waals surface area contributed by atoms with Gasteiger partial charge in [-0.05, 0) is 54.7 Å². The fraction of sp³-hybridized carbons (Fsp3) is 0.269. The predicted molar refractivity (Wildman–Crippen MR) is 133 cm³/mol. The lowest BCUT2D eigenvalue weighted by atomic mass is 9.85. The molecular formula is C26H25ClN2O3S. The molecule has 1 fully saturated rings. The van der Waals surface area contributed by atoms with Crippen molar-refractivity contribution in [3.63, 3.8) is 0 Å². The van der Waals surface area contributed by atoms with E-state index in [0.717, 1.165) is 21.7 Å². The second kappa shape index (κ2) is 8.43. The van der Waals surface area contributed by atoms with Crippen molar-refractivity contribution in [1.29, 1.82) is 0 Å². The Morgan fingerprint density at radius 1 is 1.03 bits per heavy atom. The van der Waals surface area contributed by atoms with E-state index in [4.69, 9.17) is 11.6 Å². The molecule has 170 valence electrons. The van der Waals surface area contributed by atoms with E-state index in [1.54, 1.807) is 24.3 Å². The number of carbonyl (C=O) groups excluding carboxylic acids is 2. The van der Waals surface area contributed by atoms with Crippen molar-refractivity contribution >= 4 is 45.5 Å². The predicted octanol–water partition coefficient (Wildman–Crippen LogP) is 6.34. The number of aromatic nitrogens is 1. The Morgan fingerprint density at radius 3 is 2.15 bits per heavy atom. The van der Waals surface area contributed by atoms with Crippen LogP contribution in [0.3, 0.4) is 0 Å². The number of hydrogen-bond acceptors (Lipinski definition) is 5. The van der Waals surface area contributed by atoms with Crippen LogP contribution in [0.5, 0.6) is 0 Å². The highest BCUT2D eigenvalue weighted by Crippen LogP contribution is 2.44. The van der Waals surface area contributed by atoms with E-state index in [2.05, 4.69) is 25.8 Å². The molecule has 0 unspecified atom stereocenters. The van der Waals surface area contributed by atoms with Crippen LogP contribution in [-0.4, -0.2) is 21.8 Å². The van der Waals surface area contributed by atoms with Gasteiger partial charge in [0, 0.05) is 15.5 Å². The molecule has 1 aliphatic heterocycles. The second-order valence-corrected chi connectivity index (χ2v) is 10.8. The first-order valence-corrected chi connectivity index (χ1v) is 11.8. The summed E-state index contributed by atoms with van der Waals surface area (Å²) in [6.07, 6.45) is 0. The molecule has 2 heterocycles. The fourth-order valence-electron chi connectivity index (χ4n) is 3.83. The number of Topliss-reactive ketones (excluding diaryl/α,β-unsaturated/α-hetero) is 1. The van der Waals surface area contributed by atoms with Crippen LogP contribution in [0.25, 0.3) is 5.76 Å². The monoisotopic (exact) mass is 480 g/mol. The molecule has 1 saturated heterocycles. The van der Waals surface area contributed by atoms with Crippen LogP contribution >= 0.6 is 22.9 Å². The first-order chi connectivity index (χ1) is 15.5. The fourth-order valence-corrected chi connectivity index (χ4v) is 4.90. The van der Waals surface area contributed by atoms with Crippen molar-refractivity contribution in [1.82, 2.24) is 4.98 Å². The first kappa shape index (κ1) is 23.2. The number of ketones is 1. The molecule has 5 nitrogen and oxygen atoms in total. The molecule has 3 aromatic rings. The number of benzene rings is 2. The number of thiazole rings is 1. The second-order valence-electron chi connectivity index (χ2n) is 9.19. The lowest BCUT2D eigenvalue weighted by Crippen LogP contribution is -2.29. The normalized spacial score (nSPS) is 18.2. The zero-order chi connectivity index (χ0) is 24.1.